The maximum atomic E-state index is 12.8. The van der Waals surface area contributed by atoms with Gasteiger partial charge in [-0.15, -0.1) is 0 Å². The lowest BCUT2D eigenvalue weighted by atomic mass is 9.94. The van der Waals surface area contributed by atoms with E-state index in [4.69, 9.17) is 4.74 Å². The average molecular weight is 295 g/mol. The van der Waals surface area contributed by atoms with Crippen molar-refractivity contribution in [1.82, 2.24) is 5.32 Å². The van der Waals surface area contributed by atoms with Gasteiger partial charge in [0.25, 0.3) is 0 Å². The first-order valence-electron chi connectivity index (χ1n) is 7.67. The zero-order valence-electron chi connectivity index (χ0n) is 13.0. The van der Waals surface area contributed by atoms with Crippen LogP contribution < -0.4 is 10.1 Å². The van der Waals surface area contributed by atoms with Crippen LogP contribution >= 0.6 is 0 Å². The second kappa shape index (κ2) is 5.84. The Hall–Kier alpha value is -2.29. The first-order valence-corrected chi connectivity index (χ1v) is 7.67. The van der Waals surface area contributed by atoms with Crippen molar-refractivity contribution in [3.8, 4) is 5.75 Å². The monoisotopic (exact) mass is 295 g/mol. The zero-order chi connectivity index (χ0) is 15.6. The van der Waals surface area contributed by atoms with Crippen LogP contribution in [0.1, 0.15) is 36.9 Å². The largest absolute Gasteiger partial charge is 0.496 e. The van der Waals surface area contributed by atoms with Crippen molar-refractivity contribution in [1.29, 1.82) is 0 Å². The lowest BCUT2D eigenvalue weighted by molar-refractivity contribution is -0.124. The number of carbonyl (C=O) groups is 1. The molecule has 3 heteroatoms. The van der Waals surface area contributed by atoms with E-state index in [0.29, 0.717) is 0 Å². The second-order valence-corrected chi connectivity index (χ2v) is 5.89. The molecule has 1 unspecified atom stereocenters. The molecule has 0 aliphatic heterocycles. The van der Waals surface area contributed by atoms with Gasteiger partial charge in [-0.2, -0.15) is 0 Å². The summed E-state index contributed by atoms with van der Waals surface area (Å²) >= 11 is 0. The van der Waals surface area contributed by atoms with Crippen molar-refractivity contribution in [3.05, 3.63) is 65.7 Å². The minimum atomic E-state index is -0.336. The number of para-hydroxylation sites is 1. The minimum Gasteiger partial charge on any atom is -0.496 e. The highest BCUT2D eigenvalue weighted by molar-refractivity contribution is 5.91. The summed E-state index contributed by atoms with van der Waals surface area (Å²) in [7, 11) is 1.65. The van der Waals surface area contributed by atoms with Gasteiger partial charge < -0.3 is 10.1 Å². The van der Waals surface area contributed by atoms with Gasteiger partial charge in [0, 0.05) is 5.56 Å². The molecule has 2 aromatic rings. The Kier molecular flexibility index (Phi) is 3.88. The molecule has 1 amide bonds. The van der Waals surface area contributed by atoms with E-state index >= 15 is 0 Å². The number of nitrogens with one attached hydrogen (secondary N) is 1. The van der Waals surface area contributed by atoms with Crippen molar-refractivity contribution in [2.24, 2.45) is 0 Å². The van der Waals surface area contributed by atoms with E-state index in [1.807, 2.05) is 61.5 Å². The zero-order valence-corrected chi connectivity index (χ0v) is 13.0. The average Bonchev–Trinajstić information content (AvgIpc) is 3.37. The van der Waals surface area contributed by atoms with Gasteiger partial charge in [-0.25, -0.2) is 0 Å². The Bertz CT molecular complexity index is 662. The molecule has 1 aliphatic rings. The molecular formula is C19H21NO2. The molecular weight excluding hydrogens is 274 g/mol. The summed E-state index contributed by atoms with van der Waals surface area (Å²) in [6.07, 6.45) is 1.84. The molecule has 114 valence electrons. The van der Waals surface area contributed by atoms with Crippen molar-refractivity contribution in [2.45, 2.75) is 31.2 Å². The van der Waals surface area contributed by atoms with Crippen LogP contribution in [0.5, 0.6) is 5.75 Å². The first kappa shape index (κ1) is 14.6. The van der Waals surface area contributed by atoms with Gasteiger partial charge in [-0.3, -0.25) is 4.79 Å². The Morgan fingerprint density at radius 2 is 1.73 bits per heavy atom. The number of benzene rings is 2. The third-order valence-corrected chi connectivity index (χ3v) is 4.46. The number of methoxy groups -OCH3 is 1. The fraction of sp³-hybridized carbons (Fsp3) is 0.316. The van der Waals surface area contributed by atoms with E-state index in [1.165, 1.54) is 0 Å². The van der Waals surface area contributed by atoms with Crippen LogP contribution in [0.2, 0.25) is 0 Å². The summed E-state index contributed by atoms with van der Waals surface area (Å²) in [5.41, 5.74) is 1.78. The maximum Gasteiger partial charge on any atom is 0.231 e. The molecule has 1 saturated carbocycles. The van der Waals surface area contributed by atoms with Crippen molar-refractivity contribution >= 4 is 5.91 Å². The van der Waals surface area contributed by atoms with E-state index in [2.05, 4.69) is 5.32 Å². The van der Waals surface area contributed by atoms with E-state index in [0.717, 1.165) is 29.7 Å². The number of ether oxygens (including phenoxy) is 1. The summed E-state index contributed by atoms with van der Waals surface area (Å²) in [5, 5.41) is 3.15. The molecule has 1 fully saturated rings. The number of carbonyl (C=O) groups excluding carboxylic acids is 1. The highest BCUT2D eigenvalue weighted by atomic mass is 16.5. The third-order valence-electron chi connectivity index (χ3n) is 4.46. The van der Waals surface area contributed by atoms with Crippen molar-refractivity contribution in [3.63, 3.8) is 0 Å². The van der Waals surface area contributed by atoms with Gasteiger partial charge >= 0.3 is 0 Å². The SMILES string of the molecule is COc1ccccc1C(C)NC(=O)C1(c2ccccc2)CC1. The van der Waals surface area contributed by atoms with Gasteiger partial charge in [-0.1, -0.05) is 48.5 Å². The number of rotatable bonds is 5. The molecule has 0 spiro atoms. The molecule has 3 nitrogen and oxygen atoms in total. The number of hydrogen-bond donors (Lipinski definition) is 1. The number of hydrogen-bond acceptors (Lipinski definition) is 2. The van der Waals surface area contributed by atoms with Crippen molar-refractivity contribution < 1.29 is 9.53 Å². The topological polar surface area (TPSA) is 38.3 Å². The summed E-state index contributed by atoms with van der Waals surface area (Å²) in [6.45, 7) is 2.00. The third kappa shape index (κ3) is 2.59. The van der Waals surface area contributed by atoms with Gasteiger partial charge in [0.05, 0.1) is 18.6 Å². The fourth-order valence-corrected chi connectivity index (χ4v) is 2.97. The van der Waals surface area contributed by atoms with Crippen LogP contribution in [0, 0.1) is 0 Å². The summed E-state index contributed by atoms with van der Waals surface area (Å²) in [5.74, 6) is 0.914. The number of amides is 1. The van der Waals surface area contributed by atoms with Crippen LogP contribution in [0.3, 0.4) is 0 Å². The predicted molar refractivity (Wildman–Crippen MR) is 86.9 cm³/mol. The molecule has 0 heterocycles. The smallest absolute Gasteiger partial charge is 0.231 e. The highest BCUT2D eigenvalue weighted by Gasteiger charge is 2.51. The second-order valence-electron chi connectivity index (χ2n) is 5.89. The van der Waals surface area contributed by atoms with Crippen LogP contribution in [0.4, 0.5) is 0 Å². The molecule has 3 rings (SSSR count). The van der Waals surface area contributed by atoms with Gasteiger partial charge in [0.15, 0.2) is 0 Å². The molecule has 0 saturated heterocycles. The van der Waals surface area contributed by atoms with E-state index < -0.39 is 0 Å². The van der Waals surface area contributed by atoms with E-state index in [-0.39, 0.29) is 17.4 Å². The van der Waals surface area contributed by atoms with Crippen molar-refractivity contribution in [2.75, 3.05) is 7.11 Å². The minimum absolute atomic E-state index is 0.0789. The lowest BCUT2D eigenvalue weighted by Crippen LogP contribution is -2.36. The van der Waals surface area contributed by atoms with Crippen LogP contribution in [-0.4, -0.2) is 13.0 Å². The Balaban J connectivity index is 1.77. The first-order chi connectivity index (χ1) is 10.7. The molecule has 0 radical (unpaired) electrons. The molecule has 1 aliphatic carbocycles. The highest BCUT2D eigenvalue weighted by Crippen LogP contribution is 2.48. The fourth-order valence-electron chi connectivity index (χ4n) is 2.97. The van der Waals surface area contributed by atoms with Gasteiger partial charge in [0.1, 0.15) is 5.75 Å². The molecule has 2 aromatic carbocycles. The van der Waals surface area contributed by atoms with Crippen LogP contribution in [0.15, 0.2) is 54.6 Å². The Morgan fingerprint density at radius 3 is 2.36 bits per heavy atom. The predicted octanol–water partition coefficient (Wildman–Crippen LogP) is 3.60. The quantitative estimate of drug-likeness (QED) is 0.915. The Morgan fingerprint density at radius 1 is 1.09 bits per heavy atom. The Labute approximate surface area is 131 Å². The molecule has 1 N–H and O–H groups in total. The maximum absolute atomic E-state index is 12.8. The summed E-state index contributed by atoms with van der Waals surface area (Å²) in [6, 6.07) is 17.8. The molecule has 1 atom stereocenters. The standard InChI is InChI=1S/C19H21NO2/c1-14(16-10-6-7-11-17(16)22-2)20-18(21)19(12-13-19)15-8-4-3-5-9-15/h3-11,14H,12-13H2,1-2H3,(H,20,21). The van der Waals surface area contributed by atoms with E-state index in [9.17, 15) is 4.79 Å². The molecule has 0 aromatic heterocycles. The van der Waals surface area contributed by atoms with Gasteiger partial charge in [-0.05, 0) is 31.4 Å². The van der Waals surface area contributed by atoms with Gasteiger partial charge in [0.2, 0.25) is 5.91 Å². The summed E-state index contributed by atoms with van der Waals surface area (Å²) in [4.78, 5) is 12.8. The lowest BCUT2D eigenvalue weighted by Gasteiger charge is -2.21. The van der Waals surface area contributed by atoms with Crippen LogP contribution in [-0.2, 0) is 10.2 Å². The summed E-state index contributed by atoms with van der Waals surface area (Å²) < 4.78 is 5.38. The molecule has 22 heavy (non-hydrogen) atoms. The van der Waals surface area contributed by atoms with E-state index in [1.54, 1.807) is 7.11 Å². The van der Waals surface area contributed by atoms with Crippen LogP contribution in [0.25, 0.3) is 0 Å². The normalized spacial score (nSPS) is 16.6. The molecule has 0 bridgehead atoms.